The minimum atomic E-state index is -0.252. The Bertz CT molecular complexity index is 1450. The summed E-state index contributed by atoms with van der Waals surface area (Å²) in [6.07, 6.45) is 1.89. The Morgan fingerprint density at radius 3 is 2.03 bits per heavy atom. The number of amides is 1. The number of pyridine rings is 1. The van der Waals surface area contributed by atoms with Crippen LogP contribution in [0.15, 0.2) is 95.6 Å². The fraction of sp³-hybridized carbons (Fsp3) is 0. The first-order valence-corrected chi connectivity index (χ1v) is 11.3. The Hall–Kier alpha value is -3.35. The van der Waals surface area contributed by atoms with Crippen molar-refractivity contribution in [3.63, 3.8) is 0 Å². The van der Waals surface area contributed by atoms with Gasteiger partial charge in [-0.15, -0.1) is 4.40 Å². The summed E-state index contributed by atoms with van der Waals surface area (Å²) in [4.78, 5) is 27.3. The summed E-state index contributed by atoms with van der Waals surface area (Å²) in [5, 5.41) is 5.54. The van der Waals surface area contributed by atoms with Crippen molar-refractivity contribution in [2.24, 2.45) is 0 Å². The molecule has 0 unspecified atom stereocenters. The molecule has 3 aromatic carbocycles. The fourth-order valence-corrected chi connectivity index (χ4v) is 5.27. The van der Waals surface area contributed by atoms with Crippen LogP contribution in [0.1, 0.15) is 26.4 Å². The van der Waals surface area contributed by atoms with Gasteiger partial charge in [0, 0.05) is 16.5 Å². The molecule has 0 saturated carbocycles. The molecule has 0 bridgehead atoms. The molecule has 0 atom stereocenters. The number of nitrogens with zero attached hydrogens (tertiary/aromatic N) is 1. The van der Waals surface area contributed by atoms with Crippen molar-refractivity contribution in [3.8, 4) is 0 Å². The number of benzene rings is 3. The van der Waals surface area contributed by atoms with E-state index in [4.69, 9.17) is 0 Å². The summed E-state index contributed by atoms with van der Waals surface area (Å²) < 4.78 is 2.74. The molecular weight excluding hydrogens is 472 g/mol. The van der Waals surface area contributed by atoms with Crippen LogP contribution in [0.5, 0.6) is 0 Å². The number of thiazole rings is 1. The van der Waals surface area contributed by atoms with Gasteiger partial charge in [-0.25, -0.2) is 0 Å². The van der Waals surface area contributed by atoms with Crippen molar-refractivity contribution in [3.05, 3.63) is 112 Å². The first-order chi connectivity index (χ1) is 15.1. The highest BCUT2D eigenvalue weighted by Crippen LogP contribution is 2.33. The summed E-state index contributed by atoms with van der Waals surface area (Å²) in [6.45, 7) is 0. The Labute approximate surface area is 190 Å². The van der Waals surface area contributed by atoms with Gasteiger partial charge in [-0.3, -0.25) is 9.59 Å². The zero-order valence-electron chi connectivity index (χ0n) is 16.2. The Morgan fingerprint density at radius 1 is 0.774 bits per heavy atom. The highest BCUT2D eigenvalue weighted by molar-refractivity contribution is 9.10. The second-order valence-corrected chi connectivity index (χ2v) is 8.85. The predicted octanol–water partition coefficient (Wildman–Crippen LogP) is 5.89. The molecule has 0 aliphatic carbocycles. The maximum absolute atomic E-state index is 13.5. The minimum Gasteiger partial charge on any atom is -0.308 e. The summed E-state index contributed by atoms with van der Waals surface area (Å²) in [7, 11) is 0. The van der Waals surface area contributed by atoms with E-state index in [0.717, 1.165) is 20.1 Å². The maximum Gasteiger partial charge on any atom is 0.294 e. The average Bonchev–Trinajstić information content (AvgIpc) is 3.17. The molecule has 0 fully saturated rings. The first-order valence-electron chi connectivity index (χ1n) is 9.65. The van der Waals surface area contributed by atoms with E-state index in [1.54, 1.807) is 24.3 Å². The van der Waals surface area contributed by atoms with Gasteiger partial charge in [-0.2, -0.15) is 0 Å². The number of aromatic nitrogens is 1. The second kappa shape index (κ2) is 8.06. The van der Waals surface area contributed by atoms with Gasteiger partial charge in [0.15, 0.2) is 11.2 Å². The molecule has 0 spiro atoms. The van der Waals surface area contributed by atoms with E-state index < -0.39 is 0 Å². The number of halogens is 1. The molecule has 1 N–H and O–H groups in total. The number of carbonyl (C=O) groups excluding carboxylic acids is 2. The lowest BCUT2D eigenvalue weighted by atomic mass is 10.1. The molecule has 2 aromatic heterocycles. The highest BCUT2D eigenvalue weighted by atomic mass is 79.9. The summed E-state index contributed by atoms with van der Waals surface area (Å²) in [5.41, 5.74) is 1.53. The van der Waals surface area contributed by atoms with Gasteiger partial charge in [0.1, 0.15) is 0 Å². The van der Waals surface area contributed by atoms with Crippen molar-refractivity contribution >= 4 is 59.6 Å². The summed E-state index contributed by atoms with van der Waals surface area (Å²) in [6, 6.07) is 26.1. The molecule has 4 nitrogen and oxygen atoms in total. The highest BCUT2D eigenvalue weighted by Gasteiger charge is 2.32. The van der Waals surface area contributed by atoms with Crippen molar-refractivity contribution in [1.82, 2.24) is 0 Å². The van der Waals surface area contributed by atoms with Gasteiger partial charge in [0.05, 0.1) is 9.86 Å². The third kappa shape index (κ3) is 3.54. The molecule has 0 saturated heterocycles. The van der Waals surface area contributed by atoms with Gasteiger partial charge in [0.25, 0.3) is 22.2 Å². The van der Waals surface area contributed by atoms with Gasteiger partial charge >= 0.3 is 0 Å². The normalized spacial score (nSPS) is 11.0. The lowest BCUT2D eigenvalue weighted by Gasteiger charge is -2.03. The zero-order chi connectivity index (χ0) is 21.4. The molecule has 0 aliphatic rings. The molecule has 5 aromatic rings. The average molecular weight is 488 g/mol. The van der Waals surface area contributed by atoms with Crippen molar-refractivity contribution < 1.29 is 14.0 Å². The van der Waals surface area contributed by atoms with Crippen LogP contribution in [0.25, 0.3) is 15.6 Å². The number of nitrogens with one attached hydrogen (secondary N) is 1. The van der Waals surface area contributed by atoms with E-state index in [0.29, 0.717) is 21.8 Å². The number of rotatable bonds is 4. The van der Waals surface area contributed by atoms with E-state index in [2.05, 4.69) is 21.2 Å². The van der Waals surface area contributed by atoms with E-state index in [9.17, 15) is 9.59 Å². The molecule has 6 heteroatoms. The largest absolute Gasteiger partial charge is 0.308 e. The third-order valence-electron chi connectivity index (χ3n) is 5.04. The van der Waals surface area contributed by atoms with Crippen molar-refractivity contribution in [2.75, 3.05) is 5.32 Å². The molecule has 0 radical (unpaired) electrons. The molecule has 31 heavy (non-hydrogen) atoms. The van der Waals surface area contributed by atoms with Crippen LogP contribution >= 0.6 is 27.3 Å². The summed E-state index contributed by atoms with van der Waals surface area (Å²) in [5.74, 6) is -0.402. The third-order valence-corrected chi connectivity index (χ3v) is 6.79. The topological polar surface area (TPSA) is 50.3 Å². The van der Waals surface area contributed by atoms with E-state index in [1.165, 1.54) is 11.3 Å². The number of fused-ring (bicyclic) bond motifs is 3. The van der Waals surface area contributed by atoms with Gasteiger partial charge in [-0.1, -0.05) is 66.7 Å². The number of anilines is 1. The van der Waals surface area contributed by atoms with Gasteiger partial charge in [-0.05, 0) is 45.5 Å². The minimum absolute atomic E-state index is 0.151. The number of hydrogen-bond acceptors (Lipinski definition) is 3. The smallest absolute Gasteiger partial charge is 0.294 e. The van der Waals surface area contributed by atoms with E-state index >= 15 is 0 Å². The molecule has 2 heterocycles. The zero-order valence-corrected chi connectivity index (χ0v) is 18.6. The predicted molar refractivity (Wildman–Crippen MR) is 127 cm³/mol. The van der Waals surface area contributed by atoms with Crippen LogP contribution in [-0.4, -0.2) is 11.7 Å². The monoisotopic (exact) mass is 487 g/mol. The van der Waals surface area contributed by atoms with Crippen molar-refractivity contribution in [2.45, 2.75) is 0 Å². The molecule has 1 amide bonds. The Balaban J connectivity index is 1.74. The van der Waals surface area contributed by atoms with Gasteiger partial charge in [0.2, 0.25) is 0 Å². The Morgan fingerprint density at radius 2 is 1.35 bits per heavy atom. The van der Waals surface area contributed by atoms with Crippen LogP contribution in [0, 0.1) is 0 Å². The van der Waals surface area contributed by atoms with Crippen molar-refractivity contribution in [1.29, 1.82) is 0 Å². The lowest BCUT2D eigenvalue weighted by molar-refractivity contribution is -0.508. The quantitative estimate of drug-likeness (QED) is 0.254. The van der Waals surface area contributed by atoms with Crippen LogP contribution in [0.3, 0.4) is 0 Å². The molecule has 150 valence electrons. The lowest BCUT2D eigenvalue weighted by Crippen LogP contribution is -2.29. The molecular formula is C25H16BrN2O2S+. The van der Waals surface area contributed by atoms with Gasteiger partial charge < -0.3 is 5.32 Å². The van der Waals surface area contributed by atoms with Crippen LogP contribution in [0.4, 0.5) is 5.00 Å². The number of ketones is 1. The standard InChI is InChI=1S/C25H15BrN2O2S/c26-20-15-28-21(22(29)16-9-3-1-4-10-16)24(27-23(30)17-11-5-2-6-12-17)31-25(28)19-14-8-7-13-18(19)20/h1-15H/p+1. The number of hydrogen-bond donors (Lipinski definition) is 1. The van der Waals surface area contributed by atoms with E-state index in [1.807, 2.05) is 71.3 Å². The van der Waals surface area contributed by atoms with Crippen LogP contribution < -0.4 is 9.72 Å². The summed E-state index contributed by atoms with van der Waals surface area (Å²) >= 11 is 5.04. The first kappa shape index (κ1) is 19.6. The fourth-order valence-electron chi connectivity index (χ4n) is 3.56. The Kier molecular flexibility index (Phi) is 5.10. The van der Waals surface area contributed by atoms with E-state index in [-0.39, 0.29) is 11.7 Å². The SMILES string of the molecule is O=C(Nc1sc2c3ccccc3c(Br)c[n+]2c1C(=O)c1ccccc1)c1ccccc1. The second-order valence-electron chi connectivity index (χ2n) is 6.99. The maximum atomic E-state index is 13.5. The molecule has 0 aliphatic heterocycles. The van der Waals surface area contributed by atoms with Crippen LogP contribution in [0.2, 0.25) is 0 Å². The van der Waals surface area contributed by atoms with Crippen LogP contribution in [-0.2, 0) is 0 Å². The number of carbonyl (C=O) groups is 2. The molecule has 5 rings (SSSR count).